The number of aryl methyl sites for hydroxylation is 2. The van der Waals surface area contributed by atoms with Crippen LogP contribution in [0.5, 0.6) is 0 Å². The van der Waals surface area contributed by atoms with Gasteiger partial charge >= 0.3 is 0 Å². The van der Waals surface area contributed by atoms with E-state index in [2.05, 4.69) is 21.9 Å². The van der Waals surface area contributed by atoms with E-state index in [0.717, 1.165) is 35.7 Å². The Balaban J connectivity index is 2.22. The topological polar surface area (TPSA) is 69.6 Å². The molecule has 5 heteroatoms. The zero-order valence-electron chi connectivity index (χ0n) is 11.7. The maximum absolute atomic E-state index is 6.02. The fraction of sp³-hybridized carbons (Fsp3) is 0.267. The molecule has 0 aliphatic rings. The van der Waals surface area contributed by atoms with Crippen LogP contribution in [0.3, 0.4) is 0 Å². The van der Waals surface area contributed by atoms with Gasteiger partial charge in [-0.05, 0) is 6.42 Å². The van der Waals surface area contributed by atoms with Gasteiger partial charge in [-0.3, -0.25) is 0 Å². The molecule has 0 saturated heterocycles. The summed E-state index contributed by atoms with van der Waals surface area (Å²) in [7, 11) is 1.96. The maximum Gasteiger partial charge on any atom is 0.165 e. The third-order valence-electron chi connectivity index (χ3n) is 3.30. The molecule has 5 nitrogen and oxygen atoms in total. The lowest BCUT2D eigenvalue weighted by molar-refractivity contribution is 0.835. The minimum Gasteiger partial charge on any atom is -0.382 e. The monoisotopic (exact) mass is 267 g/mol. The zero-order valence-corrected chi connectivity index (χ0v) is 11.7. The van der Waals surface area contributed by atoms with Gasteiger partial charge in [0.2, 0.25) is 0 Å². The fourth-order valence-electron chi connectivity index (χ4n) is 2.31. The van der Waals surface area contributed by atoms with E-state index in [4.69, 9.17) is 5.73 Å². The number of anilines is 1. The molecule has 2 N–H and O–H groups in total. The molecule has 0 bridgehead atoms. The van der Waals surface area contributed by atoms with Crippen molar-refractivity contribution in [3.63, 3.8) is 0 Å². The molecule has 0 radical (unpaired) electrons. The Morgan fingerprint density at radius 2 is 1.85 bits per heavy atom. The SMILES string of the molecule is CCCc1nc(N)c2nc(-c3ccccc3)n(C)c2n1. The second kappa shape index (κ2) is 4.92. The molecule has 2 aromatic heterocycles. The van der Waals surface area contributed by atoms with Crippen molar-refractivity contribution in [2.45, 2.75) is 19.8 Å². The van der Waals surface area contributed by atoms with E-state index in [0.29, 0.717) is 11.3 Å². The Bertz CT molecular complexity index is 746. The third kappa shape index (κ3) is 2.01. The van der Waals surface area contributed by atoms with E-state index < -0.39 is 0 Å². The number of rotatable bonds is 3. The molecule has 0 atom stereocenters. The zero-order chi connectivity index (χ0) is 14.1. The van der Waals surface area contributed by atoms with Crippen LogP contribution in [0.2, 0.25) is 0 Å². The van der Waals surface area contributed by atoms with E-state index in [1.807, 2.05) is 41.9 Å². The quantitative estimate of drug-likeness (QED) is 0.791. The minimum atomic E-state index is 0.455. The number of aromatic nitrogens is 4. The van der Waals surface area contributed by atoms with Crippen molar-refractivity contribution < 1.29 is 0 Å². The van der Waals surface area contributed by atoms with E-state index in [9.17, 15) is 0 Å². The summed E-state index contributed by atoms with van der Waals surface area (Å²) in [4.78, 5) is 13.5. The number of hydrogen-bond acceptors (Lipinski definition) is 4. The van der Waals surface area contributed by atoms with Crippen LogP contribution >= 0.6 is 0 Å². The first-order valence-electron chi connectivity index (χ1n) is 6.75. The van der Waals surface area contributed by atoms with Crippen molar-refractivity contribution in [3.05, 3.63) is 36.2 Å². The normalized spacial score (nSPS) is 11.1. The van der Waals surface area contributed by atoms with Gasteiger partial charge in [0, 0.05) is 19.0 Å². The van der Waals surface area contributed by atoms with Crippen LogP contribution in [0.4, 0.5) is 5.82 Å². The van der Waals surface area contributed by atoms with Gasteiger partial charge in [0.15, 0.2) is 17.0 Å². The summed E-state index contributed by atoms with van der Waals surface area (Å²) in [5.74, 6) is 2.09. The lowest BCUT2D eigenvalue weighted by Gasteiger charge is -2.03. The lowest BCUT2D eigenvalue weighted by atomic mass is 10.2. The molecule has 3 aromatic rings. The summed E-state index contributed by atoms with van der Waals surface area (Å²) in [6.07, 6.45) is 1.82. The first-order valence-corrected chi connectivity index (χ1v) is 6.75. The molecule has 20 heavy (non-hydrogen) atoms. The molecule has 0 unspecified atom stereocenters. The highest BCUT2D eigenvalue weighted by atomic mass is 15.1. The van der Waals surface area contributed by atoms with E-state index >= 15 is 0 Å². The van der Waals surface area contributed by atoms with Crippen molar-refractivity contribution >= 4 is 17.0 Å². The van der Waals surface area contributed by atoms with E-state index in [-0.39, 0.29) is 0 Å². The Morgan fingerprint density at radius 1 is 1.10 bits per heavy atom. The molecule has 0 aliphatic carbocycles. The molecule has 3 rings (SSSR count). The van der Waals surface area contributed by atoms with E-state index in [1.54, 1.807) is 0 Å². The number of nitrogens with zero attached hydrogens (tertiary/aromatic N) is 4. The average molecular weight is 267 g/mol. The number of nitrogen functional groups attached to an aromatic ring is 1. The van der Waals surface area contributed by atoms with Crippen LogP contribution < -0.4 is 5.73 Å². The molecule has 0 amide bonds. The number of hydrogen-bond donors (Lipinski definition) is 1. The summed E-state index contributed by atoms with van der Waals surface area (Å²) in [6, 6.07) is 10.0. The molecule has 1 aromatic carbocycles. The fourth-order valence-corrected chi connectivity index (χ4v) is 2.31. The average Bonchev–Trinajstić information content (AvgIpc) is 2.79. The van der Waals surface area contributed by atoms with Crippen molar-refractivity contribution in [2.75, 3.05) is 5.73 Å². The summed E-state index contributed by atoms with van der Waals surface area (Å²) >= 11 is 0. The van der Waals surface area contributed by atoms with Crippen LogP contribution in [0.25, 0.3) is 22.6 Å². The van der Waals surface area contributed by atoms with Crippen molar-refractivity contribution in [2.24, 2.45) is 7.05 Å². The Morgan fingerprint density at radius 3 is 2.55 bits per heavy atom. The summed E-state index contributed by atoms with van der Waals surface area (Å²) in [5.41, 5.74) is 8.53. The highest BCUT2D eigenvalue weighted by Gasteiger charge is 2.15. The van der Waals surface area contributed by atoms with Gasteiger partial charge in [-0.1, -0.05) is 37.3 Å². The van der Waals surface area contributed by atoms with Gasteiger partial charge < -0.3 is 10.3 Å². The molecule has 0 spiro atoms. The van der Waals surface area contributed by atoms with Crippen LogP contribution in [0, 0.1) is 0 Å². The molecule has 0 fully saturated rings. The molecule has 102 valence electrons. The standard InChI is InChI=1S/C15H17N5/c1-3-7-11-17-13(16)12-15(18-11)20(2)14(19-12)10-8-5-4-6-9-10/h4-6,8-9H,3,7H2,1-2H3,(H2,16,17,18). The maximum atomic E-state index is 6.02. The number of nitrogens with two attached hydrogens (primary N) is 1. The first-order chi connectivity index (χ1) is 9.70. The van der Waals surface area contributed by atoms with Gasteiger partial charge in [0.05, 0.1) is 0 Å². The highest BCUT2D eigenvalue weighted by Crippen LogP contribution is 2.25. The van der Waals surface area contributed by atoms with Crippen molar-refractivity contribution in [1.82, 2.24) is 19.5 Å². The van der Waals surface area contributed by atoms with Crippen LogP contribution in [-0.2, 0) is 13.5 Å². The summed E-state index contributed by atoms with van der Waals surface area (Å²) < 4.78 is 1.97. The Kier molecular flexibility index (Phi) is 3.10. The molecule has 0 saturated carbocycles. The molecular formula is C15H17N5. The van der Waals surface area contributed by atoms with E-state index in [1.165, 1.54) is 0 Å². The number of fused-ring (bicyclic) bond motifs is 1. The summed E-state index contributed by atoms with van der Waals surface area (Å²) in [6.45, 7) is 2.10. The first kappa shape index (κ1) is 12.6. The van der Waals surface area contributed by atoms with Crippen molar-refractivity contribution in [1.29, 1.82) is 0 Å². The van der Waals surface area contributed by atoms with Gasteiger partial charge in [-0.15, -0.1) is 0 Å². The molecule has 2 heterocycles. The smallest absolute Gasteiger partial charge is 0.165 e. The van der Waals surface area contributed by atoms with Crippen LogP contribution in [0.15, 0.2) is 30.3 Å². The van der Waals surface area contributed by atoms with Gasteiger partial charge in [0.25, 0.3) is 0 Å². The van der Waals surface area contributed by atoms with Crippen LogP contribution in [-0.4, -0.2) is 19.5 Å². The lowest BCUT2D eigenvalue weighted by Crippen LogP contribution is -2.02. The second-order valence-corrected chi connectivity index (χ2v) is 4.81. The minimum absolute atomic E-state index is 0.455. The Hall–Kier alpha value is -2.43. The van der Waals surface area contributed by atoms with Gasteiger partial charge in [-0.25, -0.2) is 15.0 Å². The third-order valence-corrected chi connectivity index (χ3v) is 3.30. The highest BCUT2D eigenvalue weighted by molar-refractivity contribution is 5.85. The molecular weight excluding hydrogens is 250 g/mol. The van der Waals surface area contributed by atoms with Crippen LogP contribution in [0.1, 0.15) is 19.2 Å². The van der Waals surface area contributed by atoms with Gasteiger partial charge in [-0.2, -0.15) is 0 Å². The van der Waals surface area contributed by atoms with Crippen molar-refractivity contribution in [3.8, 4) is 11.4 Å². The number of benzene rings is 1. The molecule has 0 aliphatic heterocycles. The largest absolute Gasteiger partial charge is 0.382 e. The predicted molar refractivity (Wildman–Crippen MR) is 80.1 cm³/mol. The summed E-state index contributed by atoms with van der Waals surface area (Å²) in [5, 5.41) is 0. The van der Waals surface area contributed by atoms with Gasteiger partial charge in [0.1, 0.15) is 11.6 Å². The number of imidazole rings is 1. The second-order valence-electron chi connectivity index (χ2n) is 4.81. The Labute approximate surface area is 117 Å². The predicted octanol–water partition coefficient (Wildman–Crippen LogP) is 2.57.